The lowest BCUT2D eigenvalue weighted by atomic mass is 9.99. The van der Waals surface area contributed by atoms with Crippen LogP contribution in [0.25, 0.3) is 11.1 Å². The quantitative estimate of drug-likeness (QED) is 0.419. The molecule has 0 heterocycles. The number of nitrogens with zero attached hydrogens (tertiary/aromatic N) is 1. The van der Waals surface area contributed by atoms with E-state index in [0.29, 0.717) is 11.1 Å². The summed E-state index contributed by atoms with van der Waals surface area (Å²) in [4.78, 5) is 14.7. The number of carbonyl (C=O) groups excluding carboxylic acids is 1. The van der Waals surface area contributed by atoms with Gasteiger partial charge in [-0.15, -0.1) is 6.58 Å². The smallest absolute Gasteiger partial charge is 0.193 e. The highest BCUT2D eigenvalue weighted by atomic mass is 19.1. The molecule has 0 fully saturated rings. The fourth-order valence-corrected chi connectivity index (χ4v) is 2.98. The SMILES string of the molecule is C=CCN(C)Cc1ccc(-c2ccc(C(=O)c3ccc(F)cc3)cc2)cc1. The summed E-state index contributed by atoms with van der Waals surface area (Å²) in [6.07, 6.45) is 1.89. The van der Waals surface area contributed by atoms with E-state index in [-0.39, 0.29) is 11.6 Å². The molecule has 2 nitrogen and oxygen atoms in total. The highest BCUT2D eigenvalue weighted by Crippen LogP contribution is 2.22. The van der Waals surface area contributed by atoms with E-state index in [9.17, 15) is 9.18 Å². The molecule has 0 amide bonds. The second-order valence-corrected chi connectivity index (χ2v) is 6.60. The van der Waals surface area contributed by atoms with Crippen molar-refractivity contribution in [3.05, 3.63) is 108 Å². The summed E-state index contributed by atoms with van der Waals surface area (Å²) in [7, 11) is 2.06. The lowest BCUT2D eigenvalue weighted by Crippen LogP contribution is -2.17. The molecule has 3 aromatic rings. The van der Waals surface area contributed by atoms with Crippen LogP contribution in [0.3, 0.4) is 0 Å². The molecule has 0 aliphatic rings. The first-order valence-corrected chi connectivity index (χ1v) is 8.86. The van der Waals surface area contributed by atoms with E-state index in [2.05, 4.69) is 42.8 Å². The average molecular weight is 359 g/mol. The molecule has 3 rings (SSSR count). The van der Waals surface area contributed by atoms with Crippen LogP contribution in [-0.2, 0) is 6.54 Å². The molecule has 27 heavy (non-hydrogen) atoms. The second-order valence-electron chi connectivity index (χ2n) is 6.60. The Bertz CT molecular complexity index is 912. The summed E-state index contributed by atoms with van der Waals surface area (Å²) in [5.74, 6) is -0.455. The van der Waals surface area contributed by atoms with Gasteiger partial charge in [-0.1, -0.05) is 54.6 Å². The summed E-state index contributed by atoms with van der Waals surface area (Å²) in [5, 5.41) is 0. The normalized spacial score (nSPS) is 10.8. The maximum atomic E-state index is 13.0. The third kappa shape index (κ3) is 4.78. The molecule has 0 bridgehead atoms. The zero-order valence-electron chi connectivity index (χ0n) is 15.4. The van der Waals surface area contributed by atoms with Crippen molar-refractivity contribution in [3.8, 4) is 11.1 Å². The Labute approximate surface area is 159 Å². The topological polar surface area (TPSA) is 20.3 Å². The van der Waals surface area contributed by atoms with Gasteiger partial charge in [-0.3, -0.25) is 9.69 Å². The van der Waals surface area contributed by atoms with Gasteiger partial charge < -0.3 is 0 Å². The summed E-state index contributed by atoms with van der Waals surface area (Å²) >= 11 is 0. The molecule has 0 spiro atoms. The third-order valence-corrected chi connectivity index (χ3v) is 4.43. The molecule has 3 aromatic carbocycles. The molecule has 0 radical (unpaired) electrons. The number of carbonyl (C=O) groups is 1. The van der Waals surface area contributed by atoms with Crippen molar-refractivity contribution in [2.75, 3.05) is 13.6 Å². The molecule has 0 aromatic heterocycles. The van der Waals surface area contributed by atoms with Gasteiger partial charge >= 0.3 is 0 Å². The van der Waals surface area contributed by atoms with Crippen LogP contribution in [-0.4, -0.2) is 24.3 Å². The minimum absolute atomic E-state index is 0.109. The van der Waals surface area contributed by atoms with Crippen molar-refractivity contribution in [2.24, 2.45) is 0 Å². The maximum absolute atomic E-state index is 13.0. The van der Waals surface area contributed by atoms with Crippen molar-refractivity contribution in [1.82, 2.24) is 4.90 Å². The Morgan fingerprint density at radius 2 is 1.37 bits per heavy atom. The van der Waals surface area contributed by atoms with Gasteiger partial charge in [0.1, 0.15) is 5.82 Å². The second kappa shape index (κ2) is 8.56. The zero-order valence-corrected chi connectivity index (χ0v) is 15.4. The van der Waals surface area contributed by atoms with Crippen LogP contribution in [0.15, 0.2) is 85.5 Å². The fourth-order valence-electron chi connectivity index (χ4n) is 2.98. The zero-order chi connectivity index (χ0) is 19.2. The summed E-state index contributed by atoms with van der Waals surface area (Å²) in [6, 6.07) is 21.5. The molecule has 0 saturated carbocycles. The standard InChI is InChI=1S/C24H22FNO/c1-3-16-26(2)17-18-4-6-19(7-5-18)20-8-10-21(11-9-20)24(27)22-12-14-23(25)15-13-22/h3-15H,1,16-17H2,2H3. The summed E-state index contributed by atoms with van der Waals surface area (Å²) in [5.41, 5.74) is 4.47. The van der Waals surface area contributed by atoms with Gasteiger partial charge in [0.05, 0.1) is 0 Å². The van der Waals surface area contributed by atoms with Crippen molar-refractivity contribution in [3.63, 3.8) is 0 Å². The first-order valence-electron chi connectivity index (χ1n) is 8.86. The first-order chi connectivity index (χ1) is 13.1. The summed E-state index contributed by atoms with van der Waals surface area (Å²) < 4.78 is 13.0. The van der Waals surface area contributed by atoms with Crippen molar-refractivity contribution in [2.45, 2.75) is 6.54 Å². The van der Waals surface area contributed by atoms with Crippen LogP contribution in [0, 0.1) is 5.82 Å². The van der Waals surface area contributed by atoms with Gasteiger partial charge in [-0.25, -0.2) is 4.39 Å². The molecule has 136 valence electrons. The Balaban J connectivity index is 1.72. The first kappa shape index (κ1) is 18.7. The molecule has 0 atom stereocenters. The molecule has 0 aliphatic carbocycles. The summed E-state index contributed by atoms with van der Waals surface area (Å²) in [6.45, 7) is 5.48. The Kier molecular flexibility index (Phi) is 5.94. The van der Waals surface area contributed by atoms with Gasteiger partial charge in [0.15, 0.2) is 5.78 Å². The van der Waals surface area contributed by atoms with E-state index >= 15 is 0 Å². The van der Waals surface area contributed by atoms with Crippen LogP contribution in [0.4, 0.5) is 4.39 Å². The number of hydrogen-bond acceptors (Lipinski definition) is 2. The number of benzene rings is 3. The van der Waals surface area contributed by atoms with Gasteiger partial charge in [-0.2, -0.15) is 0 Å². The Hall–Kier alpha value is -3.04. The predicted molar refractivity (Wildman–Crippen MR) is 108 cm³/mol. The molecule has 3 heteroatoms. The fraction of sp³-hybridized carbons (Fsp3) is 0.125. The third-order valence-electron chi connectivity index (χ3n) is 4.43. The van der Waals surface area contributed by atoms with E-state index in [1.165, 1.54) is 29.8 Å². The molecular weight excluding hydrogens is 337 g/mol. The number of likely N-dealkylation sites (N-methyl/N-ethyl adjacent to an activating group) is 1. The van der Waals surface area contributed by atoms with Crippen LogP contribution >= 0.6 is 0 Å². The van der Waals surface area contributed by atoms with Gasteiger partial charge in [0, 0.05) is 24.2 Å². The molecule has 0 aliphatic heterocycles. The van der Waals surface area contributed by atoms with Crippen molar-refractivity contribution < 1.29 is 9.18 Å². The van der Waals surface area contributed by atoms with E-state index in [0.717, 1.165) is 24.2 Å². The number of rotatable bonds is 7. The van der Waals surface area contributed by atoms with Crippen LogP contribution < -0.4 is 0 Å². The van der Waals surface area contributed by atoms with E-state index in [4.69, 9.17) is 0 Å². The molecule has 0 saturated heterocycles. The van der Waals surface area contributed by atoms with E-state index < -0.39 is 0 Å². The predicted octanol–water partition coefficient (Wildman–Crippen LogP) is 5.34. The van der Waals surface area contributed by atoms with Crippen LogP contribution in [0.1, 0.15) is 21.5 Å². The highest BCUT2D eigenvalue weighted by molar-refractivity contribution is 6.09. The van der Waals surface area contributed by atoms with Gasteiger partial charge in [0.25, 0.3) is 0 Å². The van der Waals surface area contributed by atoms with Crippen molar-refractivity contribution >= 4 is 5.78 Å². The van der Waals surface area contributed by atoms with Crippen LogP contribution in [0.2, 0.25) is 0 Å². The molecule has 0 N–H and O–H groups in total. The lowest BCUT2D eigenvalue weighted by molar-refractivity contribution is 0.103. The Morgan fingerprint density at radius 3 is 1.89 bits per heavy atom. The van der Waals surface area contributed by atoms with E-state index in [1.807, 2.05) is 30.3 Å². The minimum atomic E-state index is -0.346. The average Bonchev–Trinajstić information content (AvgIpc) is 2.69. The number of halogens is 1. The van der Waals surface area contributed by atoms with Crippen LogP contribution in [0.5, 0.6) is 0 Å². The largest absolute Gasteiger partial charge is 0.298 e. The Morgan fingerprint density at radius 1 is 0.889 bits per heavy atom. The number of ketones is 1. The maximum Gasteiger partial charge on any atom is 0.193 e. The minimum Gasteiger partial charge on any atom is -0.298 e. The highest BCUT2D eigenvalue weighted by Gasteiger charge is 2.09. The molecule has 0 unspecified atom stereocenters. The van der Waals surface area contributed by atoms with Gasteiger partial charge in [-0.05, 0) is 48.0 Å². The lowest BCUT2D eigenvalue weighted by Gasteiger charge is -2.14. The monoisotopic (exact) mass is 359 g/mol. The van der Waals surface area contributed by atoms with E-state index in [1.54, 1.807) is 0 Å². The van der Waals surface area contributed by atoms with Gasteiger partial charge in [0.2, 0.25) is 0 Å². The van der Waals surface area contributed by atoms with Crippen molar-refractivity contribution in [1.29, 1.82) is 0 Å². The molecular formula is C24H22FNO. The number of hydrogen-bond donors (Lipinski definition) is 0.